The molecule has 3 aromatic carbocycles. The lowest BCUT2D eigenvalue weighted by molar-refractivity contribution is -0.385. The second-order valence-electron chi connectivity index (χ2n) is 8.52. The second kappa shape index (κ2) is 8.37. The van der Waals surface area contributed by atoms with Crippen molar-refractivity contribution in [1.82, 2.24) is 0 Å². The van der Waals surface area contributed by atoms with Gasteiger partial charge < -0.3 is 10.6 Å². The molecule has 6 nitrogen and oxygen atoms in total. The van der Waals surface area contributed by atoms with Gasteiger partial charge in [0, 0.05) is 34.3 Å². The number of nitrogens with zero attached hydrogens (tertiary/aromatic N) is 1. The minimum Gasteiger partial charge on any atom is -0.372 e. The van der Waals surface area contributed by atoms with E-state index in [1.165, 1.54) is 0 Å². The largest absolute Gasteiger partial charge is 0.372 e. The van der Waals surface area contributed by atoms with Crippen molar-refractivity contribution in [3.05, 3.63) is 110 Å². The molecule has 5 rings (SSSR count). The molecule has 0 bridgehead atoms. The molecule has 1 heterocycles. The Bertz CT molecular complexity index is 1300. The Balaban J connectivity index is 1.62. The highest BCUT2D eigenvalue weighted by molar-refractivity contribution is 6.30. The molecule has 0 aromatic heterocycles. The van der Waals surface area contributed by atoms with Gasteiger partial charge in [-0.3, -0.25) is 14.9 Å². The summed E-state index contributed by atoms with van der Waals surface area (Å²) in [5.74, 6) is 0.0523. The first kappa shape index (κ1) is 21.2. The maximum absolute atomic E-state index is 13.6. The van der Waals surface area contributed by atoms with E-state index in [2.05, 4.69) is 10.6 Å². The fraction of sp³-hybridized carbons (Fsp3) is 0.192. The summed E-state index contributed by atoms with van der Waals surface area (Å²) >= 11 is 6.06. The van der Waals surface area contributed by atoms with Crippen molar-refractivity contribution in [2.75, 3.05) is 10.6 Å². The van der Waals surface area contributed by atoms with E-state index in [0.717, 1.165) is 22.6 Å². The number of carbonyl (C=O) groups is 1. The van der Waals surface area contributed by atoms with Gasteiger partial charge >= 0.3 is 0 Å². The van der Waals surface area contributed by atoms with Crippen molar-refractivity contribution < 1.29 is 9.72 Å². The number of nitrogens with one attached hydrogen (secondary N) is 2. The van der Waals surface area contributed by atoms with Gasteiger partial charge in [-0.2, -0.15) is 0 Å². The number of nitro benzene ring substituents is 1. The minimum atomic E-state index is -0.492. The number of carbonyl (C=O) groups excluding carboxylic acids is 1. The van der Waals surface area contributed by atoms with Crippen molar-refractivity contribution in [2.24, 2.45) is 0 Å². The predicted molar refractivity (Wildman–Crippen MR) is 130 cm³/mol. The fourth-order valence-electron chi connectivity index (χ4n) is 4.72. The molecular formula is C26H22ClN3O3. The number of benzene rings is 3. The van der Waals surface area contributed by atoms with E-state index >= 15 is 0 Å². The van der Waals surface area contributed by atoms with Gasteiger partial charge in [-0.1, -0.05) is 48.0 Å². The molecule has 0 amide bonds. The van der Waals surface area contributed by atoms with Crippen LogP contribution >= 0.6 is 11.6 Å². The average molecular weight is 460 g/mol. The lowest BCUT2D eigenvalue weighted by atomic mass is 9.78. The Morgan fingerprint density at radius 2 is 1.67 bits per heavy atom. The monoisotopic (exact) mass is 459 g/mol. The van der Waals surface area contributed by atoms with Crippen LogP contribution in [0, 0.1) is 17.0 Å². The molecule has 166 valence electrons. The fourth-order valence-corrected chi connectivity index (χ4v) is 4.84. The molecule has 0 spiro atoms. The summed E-state index contributed by atoms with van der Waals surface area (Å²) < 4.78 is 0. The molecule has 0 saturated heterocycles. The first-order chi connectivity index (χ1) is 15.9. The highest BCUT2D eigenvalue weighted by atomic mass is 35.5. The van der Waals surface area contributed by atoms with Crippen molar-refractivity contribution in [1.29, 1.82) is 0 Å². The summed E-state index contributed by atoms with van der Waals surface area (Å²) in [6.07, 6.45) is 1.02. The van der Waals surface area contributed by atoms with Gasteiger partial charge in [0.05, 0.1) is 22.3 Å². The van der Waals surface area contributed by atoms with Crippen molar-refractivity contribution in [3.8, 4) is 0 Å². The first-order valence-corrected chi connectivity index (χ1v) is 11.2. The zero-order valence-corrected chi connectivity index (χ0v) is 18.7. The molecule has 2 N–H and O–H groups in total. The number of fused-ring (bicyclic) bond motifs is 1. The molecule has 7 heteroatoms. The van der Waals surface area contributed by atoms with Crippen LogP contribution in [-0.4, -0.2) is 10.7 Å². The maximum Gasteiger partial charge on any atom is 0.272 e. The number of nitro groups is 1. The van der Waals surface area contributed by atoms with E-state index in [9.17, 15) is 14.9 Å². The highest BCUT2D eigenvalue weighted by Crippen LogP contribution is 2.44. The third kappa shape index (κ3) is 3.98. The van der Waals surface area contributed by atoms with Crippen LogP contribution in [0.4, 0.5) is 17.1 Å². The number of hydrogen-bond acceptors (Lipinski definition) is 5. The van der Waals surface area contributed by atoms with Gasteiger partial charge in [-0.15, -0.1) is 0 Å². The maximum atomic E-state index is 13.6. The van der Waals surface area contributed by atoms with Crippen LogP contribution in [0.25, 0.3) is 0 Å². The van der Waals surface area contributed by atoms with Crippen molar-refractivity contribution >= 4 is 34.4 Å². The van der Waals surface area contributed by atoms with E-state index in [1.54, 1.807) is 19.1 Å². The number of Topliss-reactive ketones (excluding diaryl/α,β-unsaturated/α-hetero) is 1. The van der Waals surface area contributed by atoms with E-state index in [0.29, 0.717) is 34.6 Å². The number of rotatable bonds is 3. The molecule has 0 unspecified atom stereocenters. The topological polar surface area (TPSA) is 84.3 Å². The lowest BCUT2D eigenvalue weighted by Crippen LogP contribution is -2.27. The van der Waals surface area contributed by atoms with Crippen LogP contribution in [0.15, 0.2) is 78.0 Å². The van der Waals surface area contributed by atoms with Crippen LogP contribution in [0.3, 0.4) is 0 Å². The van der Waals surface area contributed by atoms with Crippen LogP contribution < -0.4 is 10.6 Å². The molecule has 1 aliphatic heterocycles. The zero-order chi connectivity index (χ0) is 23.1. The minimum absolute atomic E-state index is 0.0252. The van der Waals surface area contributed by atoms with E-state index in [1.807, 2.05) is 54.6 Å². The Morgan fingerprint density at radius 3 is 2.39 bits per heavy atom. The van der Waals surface area contributed by atoms with Crippen LogP contribution in [0.2, 0.25) is 5.02 Å². The molecule has 3 aromatic rings. The summed E-state index contributed by atoms with van der Waals surface area (Å²) in [5, 5.41) is 19.2. The molecule has 0 saturated carbocycles. The summed E-state index contributed by atoms with van der Waals surface area (Å²) in [4.78, 5) is 24.8. The first-order valence-electron chi connectivity index (χ1n) is 10.8. The Hall–Kier alpha value is -3.64. The van der Waals surface area contributed by atoms with Gasteiger partial charge in [0.2, 0.25) is 0 Å². The number of aryl methyl sites for hydroxylation is 1. The highest BCUT2D eigenvalue weighted by Gasteiger charge is 2.36. The van der Waals surface area contributed by atoms with Gasteiger partial charge in [-0.05, 0) is 54.7 Å². The smallest absolute Gasteiger partial charge is 0.272 e. The van der Waals surface area contributed by atoms with Crippen LogP contribution in [0.5, 0.6) is 0 Å². The van der Waals surface area contributed by atoms with E-state index in [4.69, 9.17) is 11.6 Å². The SMILES string of the molecule is Cc1ccc([C@H]2Nc3ccccc3NC3=C2C(=O)C[C@@H](c2ccc(Cl)cc2)C3)cc1[N+](=O)[O-]. The summed E-state index contributed by atoms with van der Waals surface area (Å²) in [5.41, 5.74) is 5.58. The summed E-state index contributed by atoms with van der Waals surface area (Å²) in [7, 11) is 0. The molecule has 0 fully saturated rings. The van der Waals surface area contributed by atoms with Crippen molar-refractivity contribution in [3.63, 3.8) is 0 Å². The Kier molecular flexibility index (Phi) is 5.38. The van der Waals surface area contributed by atoms with Gasteiger partial charge in [0.1, 0.15) is 0 Å². The summed E-state index contributed by atoms with van der Waals surface area (Å²) in [6.45, 7) is 1.71. The Labute approximate surface area is 196 Å². The van der Waals surface area contributed by atoms with E-state index < -0.39 is 6.04 Å². The third-order valence-corrected chi connectivity index (χ3v) is 6.67. The Morgan fingerprint density at radius 1 is 0.970 bits per heavy atom. The third-order valence-electron chi connectivity index (χ3n) is 6.41. The van der Waals surface area contributed by atoms with Gasteiger partial charge in [0.15, 0.2) is 5.78 Å². The number of hydrogen-bond donors (Lipinski definition) is 2. The number of anilines is 2. The number of para-hydroxylation sites is 2. The normalized spacial score (nSPS) is 19.6. The number of halogens is 1. The predicted octanol–water partition coefficient (Wildman–Crippen LogP) is 6.54. The summed E-state index contributed by atoms with van der Waals surface area (Å²) in [6, 6.07) is 20.1. The number of allylic oxidation sites excluding steroid dienone is 1. The average Bonchev–Trinajstić information content (AvgIpc) is 2.96. The second-order valence-corrected chi connectivity index (χ2v) is 8.96. The van der Waals surface area contributed by atoms with Gasteiger partial charge in [-0.25, -0.2) is 0 Å². The number of ketones is 1. The quantitative estimate of drug-likeness (QED) is 0.343. The zero-order valence-electron chi connectivity index (χ0n) is 18.0. The standard InChI is InChI=1S/C26H22ClN3O3/c1-15-6-7-17(13-23(15)30(32)33)26-25-22(28-20-4-2-3-5-21(20)29-26)12-18(14-24(25)31)16-8-10-19(27)11-9-16/h2-11,13,18,26,28-29H,12,14H2,1H3/t18-,26+/m0/s1. The molecule has 0 radical (unpaired) electrons. The molecule has 2 atom stereocenters. The molecule has 1 aliphatic carbocycles. The molecule has 2 aliphatic rings. The van der Waals surface area contributed by atoms with Crippen LogP contribution in [0.1, 0.15) is 41.5 Å². The molecule has 33 heavy (non-hydrogen) atoms. The molecular weight excluding hydrogens is 438 g/mol. The van der Waals surface area contributed by atoms with Crippen molar-refractivity contribution in [2.45, 2.75) is 31.7 Å². The van der Waals surface area contributed by atoms with E-state index in [-0.39, 0.29) is 22.3 Å². The van der Waals surface area contributed by atoms with Gasteiger partial charge in [0.25, 0.3) is 5.69 Å². The lowest BCUT2D eigenvalue weighted by Gasteiger charge is -2.30. The van der Waals surface area contributed by atoms with Crippen LogP contribution in [-0.2, 0) is 4.79 Å².